The van der Waals surface area contributed by atoms with Gasteiger partial charge in [-0.3, -0.25) is 10.0 Å². The van der Waals surface area contributed by atoms with Crippen LogP contribution in [0.4, 0.5) is 0 Å². The largest absolute Gasteiger partial charge is 0.288 e. The van der Waals surface area contributed by atoms with Crippen molar-refractivity contribution in [3.63, 3.8) is 0 Å². The van der Waals surface area contributed by atoms with Gasteiger partial charge in [0.25, 0.3) is 5.91 Å². The average molecular weight is 297 g/mol. The quantitative estimate of drug-likeness (QED) is 0.661. The second-order valence-electron chi connectivity index (χ2n) is 4.85. The fraction of sp³-hybridized carbons (Fsp3) is 0.118. The smallest absolute Gasteiger partial charge is 0.276 e. The summed E-state index contributed by atoms with van der Waals surface area (Å²) in [7, 11) is 0. The molecule has 0 bridgehead atoms. The lowest BCUT2D eigenvalue weighted by Crippen LogP contribution is -2.18. The van der Waals surface area contributed by atoms with E-state index in [2.05, 4.69) is 12.2 Å². The summed E-state index contributed by atoms with van der Waals surface area (Å²) >= 11 is 1.61. The molecule has 0 aliphatic heterocycles. The summed E-state index contributed by atoms with van der Waals surface area (Å²) < 4.78 is 0. The van der Waals surface area contributed by atoms with Crippen LogP contribution in [0.5, 0.6) is 0 Å². The van der Waals surface area contributed by atoms with Gasteiger partial charge >= 0.3 is 0 Å². The van der Waals surface area contributed by atoms with Crippen LogP contribution in [-0.2, 0) is 0 Å². The fourth-order valence-corrected chi connectivity index (χ4v) is 3.67. The van der Waals surface area contributed by atoms with Crippen LogP contribution in [0.2, 0.25) is 0 Å². The van der Waals surface area contributed by atoms with Gasteiger partial charge in [-0.2, -0.15) is 0 Å². The Morgan fingerprint density at radius 3 is 2.71 bits per heavy atom. The summed E-state index contributed by atoms with van der Waals surface area (Å²) in [6.07, 6.45) is 9.26. The minimum Gasteiger partial charge on any atom is -0.288 e. The Bertz CT molecular complexity index is 701. The fourth-order valence-electron chi connectivity index (χ4n) is 2.42. The van der Waals surface area contributed by atoms with Gasteiger partial charge in [-0.25, -0.2) is 5.48 Å². The predicted molar refractivity (Wildman–Crippen MR) is 84.6 cm³/mol. The van der Waals surface area contributed by atoms with Crippen molar-refractivity contribution in [3.8, 4) is 10.4 Å². The molecule has 3 nitrogen and oxygen atoms in total. The van der Waals surface area contributed by atoms with Crippen molar-refractivity contribution >= 4 is 17.2 Å². The van der Waals surface area contributed by atoms with E-state index in [0.29, 0.717) is 11.5 Å². The van der Waals surface area contributed by atoms with E-state index in [1.807, 2.05) is 48.6 Å². The Balaban J connectivity index is 2.05. The van der Waals surface area contributed by atoms with E-state index in [0.717, 1.165) is 21.7 Å². The molecular formula is C17H15NO2S. The molecule has 1 aromatic heterocycles. The molecule has 1 aliphatic rings. The minimum atomic E-state index is -0.466. The van der Waals surface area contributed by atoms with Crippen molar-refractivity contribution in [2.75, 3.05) is 0 Å². The van der Waals surface area contributed by atoms with Crippen molar-refractivity contribution in [3.05, 3.63) is 71.1 Å². The number of rotatable bonds is 3. The molecular weight excluding hydrogens is 282 g/mol. The van der Waals surface area contributed by atoms with Crippen LogP contribution in [0.3, 0.4) is 0 Å². The first-order valence-electron chi connectivity index (χ1n) is 6.76. The van der Waals surface area contributed by atoms with Gasteiger partial charge in [-0.1, -0.05) is 54.6 Å². The first-order valence-corrected chi connectivity index (χ1v) is 7.58. The molecule has 4 heteroatoms. The summed E-state index contributed by atoms with van der Waals surface area (Å²) in [5.41, 5.74) is 3.25. The lowest BCUT2D eigenvalue weighted by molar-refractivity contribution is 0.0707. The Kier molecular flexibility index (Phi) is 3.99. The molecule has 1 heterocycles. The van der Waals surface area contributed by atoms with Crippen molar-refractivity contribution in [2.24, 2.45) is 0 Å². The van der Waals surface area contributed by atoms with Gasteiger partial charge in [-0.05, 0) is 18.1 Å². The number of carbonyl (C=O) groups excluding carboxylic acids is 1. The third kappa shape index (κ3) is 2.82. The highest BCUT2D eigenvalue weighted by molar-refractivity contribution is 7.16. The van der Waals surface area contributed by atoms with E-state index in [-0.39, 0.29) is 0 Å². The monoisotopic (exact) mass is 297 g/mol. The molecule has 0 saturated heterocycles. The third-order valence-electron chi connectivity index (χ3n) is 3.48. The van der Waals surface area contributed by atoms with Crippen molar-refractivity contribution in [1.29, 1.82) is 0 Å². The van der Waals surface area contributed by atoms with E-state index < -0.39 is 5.91 Å². The molecule has 3 rings (SSSR count). The molecule has 1 unspecified atom stereocenters. The normalized spacial score (nSPS) is 16.9. The van der Waals surface area contributed by atoms with Gasteiger partial charge in [0.15, 0.2) is 0 Å². The maximum atomic E-state index is 11.9. The van der Waals surface area contributed by atoms with Crippen LogP contribution in [0, 0.1) is 0 Å². The first-order chi connectivity index (χ1) is 10.3. The van der Waals surface area contributed by atoms with Gasteiger partial charge in [-0.15, -0.1) is 11.3 Å². The molecule has 21 heavy (non-hydrogen) atoms. The van der Waals surface area contributed by atoms with Crippen molar-refractivity contribution in [2.45, 2.75) is 12.3 Å². The summed E-state index contributed by atoms with van der Waals surface area (Å²) in [4.78, 5) is 13.9. The molecule has 1 aromatic carbocycles. The van der Waals surface area contributed by atoms with Crippen LogP contribution in [0.25, 0.3) is 10.4 Å². The standard InChI is InChI=1S/C17H15NO2S/c19-17(18-20)14-11-15(12-7-3-1-4-8-12)21-16(14)13-9-5-2-6-10-13/h1-7,9-12,20H,8H2,(H,18,19). The van der Waals surface area contributed by atoms with Crippen LogP contribution < -0.4 is 5.48 Å². The summed E-state index contributed by atoms with van der Waals surface area (Å²) in [5, 5.41) is 8.96. The second kappa shape index (κ2) is 6.08. The van der Waals surface area contributed by atoms with Gasteiger partial charge in [0.2, 0.25) is 0 Å². The molecule has 0 fully saturated rings. The molecule has 2 N–H and O–H groups in total. The molecule has 2 aromatic rings. The maximum Gasteiger partial charge on any atom is 0.276 e. The number of allylic oxidation sites excluding steroid dienone is 4. The zero-order valence-electron chi connectivity index (χ0n) is 11.3. The van der Waals surface area contributed by atoms with Gasteiger partial charge in [0.05, 0.1) is 5.56 Å². The Hall–Kier alpha value is -2.17. The van der Waals surface area contributed by atoms with Crippen molar-refractivity contribution in [1.82, 2.24) is 5.48 Å². The lowest BCUT2D eigenvalue weighted by atomic mass is 9.98. The number of nitrogens with one attached hydrogen (secondary N) is 1. The minimum absolute atomic E-state index is 0.294. The predicted octanol–water partition coefficient (Wildman–Crippen LogP) is 4.13. The summed E-state index contributed by atoms with van der Waals surface area (Å²) in [6, 6.07) is 11.7. The van der Waals surface area contributed by atoms with E-state index in [4.69, 9.17) is 5.21 Å². The van der Waals surface area contributed by atoms with E-state index in [1.54, 1.807) is 16.8 Å². The van der Waals surface area contributed by atoms with Gasteiger partial charge in [0, 0.05) is 15.7 Å². The van der Waals surface area contributed by atoms with Crippen molar-refractivity contribution < 1.29 is 10.0 Å². The molecule has 106 valence electrons. The molecule has 0 saturated carbocycles. The molecule has 0 radical (unpaired) electrons. The summed E-state index contributed by atoms with van der Waals surface area (Å²) in [5.74, 6) is -0.172. The van der Waals surface area contributed by atoms with Gasteiger partial charge in [0.1, 0.15) is 0 Å². The number of amides is 1. The lowest BCUT2D eigenvalue weighted by Gasteiger charge is -2.09. The van der Waals surface area contributed by atoms with E-state index in [9.17, 15) is 4.79 Å². The Labute approximate surface area is 127 Å². The number of thiophene rings is 1. The van der Waals surface area contributed by atoms with E-state index >= 15 is 0 Å². The Morgan fingerprint density at radius 2 is 2.05 bits per heavy atom. The maximum absolute atomic E-state index is 11.9. The van der Waals surface area contributed by atoms with Crippen LogP contribution in [-0.4, -0.2) is 11.1 Å². The zero-order valence-corrected chi connectivity index (χ0v) is 12.1. The second-order valence-corrected chi connectivity index (χ2v) is 5.94. The third-order valence-corrected chi connectivity index (χ3v) is 4.80. The topological polar surface area (TPSA) is 49.3 Å². The first kappa shape index (κ1) is 13.8. The van der Waals surface area contributed by atoms with E-state index in [1.165, 1.54) is 0 Å². The number of hydroxylamine groups is 1. The summed E-state index contributed by atoms with van der Waals surface area (Å²) in [6.45, 7) is 0. The van der Waals surface area contributed by atoms with Gasteiger partial charge < -0.3 is 0 Å². The number of hydrogen-bond donors (Lipinski definition) is 2. The molecule has 1 amide bonds. The van der Waals surface area contributed by atoms with Crippen LogP contribution in [0.1, 0.15) is 27.6 Å². The van der Waals surface area contributed by atoms with Crippen LogP contribution >= 0.6 is 11.3 Å². The average Bonchev–Trinajstić information content (AvgIpc) is 3.01. The molecule has 1 atom stereocenters. The number of carbonyl (C=O) groups is 1. The Morgan fingerprint density at radius 1 is 1.24 bits per heavy atom. The highest BCUT2D eigenvalue weighted by Crippen LogP contribution is 2.38. The number of benzene rings is 1. The molecule has 1 aliphatic carbocycles. The zero-order chi connectivity index (χ0) is 14.7. The van der Waals surface area contributed by atoms with Crippen LogP contribution in [0.15, 0.2) is 60.7 Å². The highest BCUT2D eigenvalue weighted by atomic mass is 32.1. The number of hydrogen-bond acceptors (Lipinski definition) is 3. The SMILES string of the molecule is O=C(NO)c1cc(C2C=CC=CC2)sc1-c1ccccc1. The highest BCUT2D eigenvalue weighted by Gasteiger charge is 2.20. The molecule has 0 spiro atoms.